The maximum atomic E-state index is 13.8. The summed E-state index contributed by atoms with van der Waals surface area (Å²) in [6.07, 6.45) is 0.763. The Labute approximate surface area is 140 Å². The Hall–Kier alpha value is -2.44. The molecule has 1 amide bonds. The summed E-state index contributed by atoms with van der Waals surface area (Å²) in [6.45, 7) is 6.39. The second-order valence-electron chi connectivity index (χ2n) is 6.20. The monoisotopic (exact) mass is 332 g/mol. The van der Waals surface area contributed by atoms with Gasteiger partial charge in [0.05, 0.1) is 5.56 Å². The molecular weight excluding hydrogens is 311 g/mol. The first-order chi connectivity index (χ1) is 11.6. The van der Waals surface area contributed by atoms with Crippen molar-refractivity contribution in [3.8, 4) is 0 Å². The summed E-state index contributed by atoms with van der Waals surface area (Å²) in [6, 6.07) is 6.57. The minimum Gasteiger partial charge on any atom is -0.337 e. The predicted octanol–water partition coefficient (Wildman–Crippen LogP) is 2.68. The number of nitrogens with zero attached hydrogens (tertiary/aromatic N) is 4. The van der Waals surface area contributed by atoms with E-state index in [9.17, 15) is 9.18 Å². The molecule has 1 aromatic heterocycles. The minimum atomic E-state index is -0.484. The van der Waals surface area contributed by atoms with E-state index in [-0.39, 0.29) is 17.4 Å². The van der Waals surface area contributed by atoms with Gasteiger partial charge in [-0.2, -0.15) is 4.98 Å². The lowest BCUT2D eigenvalue weighted by atomic mass is 10.2. The molecule has 3 rings (SSSR count). The van der Waals surface area contributed by atoms with Gasteiger partial charge in [-0.25, -0.2) is 4.39 Å². The standard InChI is InChI=1S/C17H21FN4O2/c1-12(2)15-19-17(24-20-15)22-9-5-8-21(10-11-22)16(23)13-6-3-4-7-14(13)18/h3-4,6-7,12H,5,8-11H2,1-2H3. The molecule has 1 aliphatic rings. The molecule has 0 unspecified atom stereocenters. The highest BCUT2D eigenvalue weighted by Crippen LogP contribution is 2.19. The molecule has 24 heavy (non-hydrogen) atoms. The van der Waals surface area contributed by atoms with Crippen molar-refractivity contribution in [1.82, 2.24) is 15.0 Å². The number of benzene rings is 1. The van der Waals surface area contributed by atoms with Gasteiger partial charge >= 0.3 is 6.01 Å². The van der Waals surface area contributed by atoms with Crippen molar-refractivity contribution in [1.29, 1.82) is 0 Å². The van der Waals surface area contributed by atoms with Gasteiger partial charge in [-0.3, -0.25) is 4.79 Å². The van der Waals surface area contributed by atoms with Gasteiger partial charge in [0, 0.05) is 32.1 Å². The Morgan fingerprint density at radius 1 is 1.21 bits per heavy atom. The van der Waals surface area contributed by atoms with Crippen LogP contribution < -0.4 is 4.90 Å². The smallest absolute Gasteiger partial charge is 0.324 e. The van der Waals surface area contributed by atoms with Crippen LogP contribution in [0.2, 0.25) is 0 Å². The lowest BCUT2D eigenvalue weighted by molar-refractivity contribution is 0.0762. The Balaban J connectivity index is 1.68. The third-order valence-corrected chi connectivity index (χ3v) is 4.11. The lowest BCUT2D eigenvalue weighted by Gasteiger charge is -2.21. The first-order valence-electron chi connectivity index (χ1n) is 8.18. The van der Waals surface area contributed by atoms with Crippen LogP contribution in [0, 0.1) is 5.82 Å². The summed E-state index contributed by atoms with van der Waals surface area (Å²) in [4.78, 5) is 20.6. The molecule has 6 nitrogen and oxygen atoms in total. The van der Waals surface area contributed by atoms with Gasteiger partial charge in [-0.05, 0) is 18.6 Å². The van der Waals surface area contributed by atoms with Crippen LogP contribution in [0.3, 0.4) is 0 Å². The number of carbonyl (C=O) groups excluding carboxylic acids is 1. The lowest BCUT2D eigenvalue weighted by Crippen LogP contribution is -2.35. The van der Waals surface area contributed by atoms with Gasteiger partial charge in [0.15, 0.2) is 5.82 Å². The number of carbonyl (C=O) groups is 1. The highest BCUT2D eigenvalue weighted by molar-refractivity contribution is 5.94. The van der Waals surface area contributed by atoms with Crippen molar-refractivity contribution in [2.75, 3.05) is 31.1 Å². The molecule has 0 radical (unpaired) electrons. The zero-order valence-electron chi connectivity index (χ0n) is 13.9. The SMILES string of the molecule is CC(C)c1noc(N2CCCN(C(=O)c3ccccc3F)CC2)n1. The van der Waals surface area contributed by atoms with E-state index >= 15 is 0 Å². The van der Waals surface area contributed by atoms with Crippen molar-refractivity contribution < 1.29 is 13.7 Å². The average molecular weight is 332 g/mol. The second-order valence-corrected chi connectivity index (χ2v) is 6.20. The van der Waals surface area contributed by atoms with Crippen LogP contribution in [-0.4, -0.2) is 47.1 Å². The van der Waals surface area contributed by atoms with Crippen LogP contribution >= 0.6 is 0 Å². The number of hydrogen-bond donors (Lipinski definition) is 0. The fraction of sp³-hybridized carbons (Fsp3) is 0.471. The average Bonchev–Trinajstić information content (AvgIpc) is 2.94. The fourth-order valence-corrected chi connectivity index (χ4v) is 2.71. The second kappa shape index (κ2) is 6.98. The van der Waals surface area contributed by atoms with Crippen LogP contribution in [0.4, 0.5) is 10.4 Å². The molecule has 0 N–H and O–H groups in total. The van der Waals surface area contributed by atoms with Crippen molar-refractivity contribution >= 4 is 11.9 Å². The first kappa shape index (κ1) is 16.4. The molecule has 0 bridgehead atoms. The molecule has 2 heterocycles. The third kappa shape index (κ3) is 3.39. The van der Waals surface area contributed by atoms with Gasteiger partial charge in [0.2, 0.25) is 0 Å². The summed E-state index contributed by atoms with van der Waals surface area (Å²) in [5.74, 6) is 0.118. The van der Waals surface area contributed by atoms with E-state index < -0.39 is 5.82 Å². The molecule has 0 aliphatic carbocycles. The Kier molecular flexibility index (Phi) is 4.78. The normalized spacial score (nSPS) is 15.7. The maximum Gasteiger partial charge on any atom is 0.324 e. The predicted molar refractivity (Wildman–Crippen MR) is 87.5 cm³/mol. The molecule has 0 saturated carbocycles. The minimum absolute atomic E-state index is 0.117. The van der Waals surface area contributed by atoms with Crippen LogP contribution in [-0.2, 0) is 0 Å². The molecule has 0 atom stereocenters. The maximum absolute atomic E-state index is 13.8. The molecule has 1 fully saturated rings. The Morgan fingerprint density at radius 2 is 2.00 bits per heavy atom. The molecule has 2 aromatic rings. The topological polar surface area (TPSA) is 62.5 Å². The number of rotatable bonds is 3. The van der Waals surface area contributed by atoms with Gasteiger partial charge in [0.1, 0.15) is 5.82 Å². The van der Waals surface area contributed by atoms with Crippen LogP contribution in [0.15, 0.2) is 28.8 Å². The van der Waals surface area contributed by atoms with Crippen molar-refractivity contribution in [3.05, 3.63) is 41.5 Å². The van der Waals surface area contributed by atoms with E-state index in [0.717, 1.165) is 13.0 Å². The number of anilines is 1. The Bertz CT molecular complexity index is 716. The van der Waals surface area contributed by atoms with Crippen molar-refractivity contribution in [2.24, 2.45) is 0 Å². The number of hydrogen-bond acceptors (Lipinski definition) is 5. The van der Waals surface area contributed by atoms with Gasteiger partial charge in [-0.1, -0.05) is 31.1 Å². The third-order valence-electron chi connectivity index (χ3n) is 4.11. The molecule has 128 valence electrons. The van der Waals surface area contributed by atoms with Crippen LogP contribution in [0.25, 0.3) is 0 Å². The van der Waals surface area contributed by atoms with E-state index in [0.29, 0.717) is 31.5 Å². The van der Waals surface area contributed by atoms with E-state index in [1.165, 1.54) is 12.1 Å². The zero-order valence-corrected chi connectivity index (χ0v) is 13.9. The summed E-state index contributed by atoms with van der Waals surface area (Å²) in [5, 5.41) is 3.98. The van der Waals surface area contributed by atoms with Gasteiger partial charge in [-0.15, -0.1) is 0 Å². The van der Waals surface area contributed by atoms with Crippen LogP contribution in [0.1, 0.15) is 42.4 Å². The molecule has 1 aliphatic heterocycles. The number of amides is 1. The van der Waals surface area contributed by atoms with Crippen molar-refractivity contribution in [3.63, 3.8) is 0 Å². The highest BCUT2D eigenvalue weighted by atomic mass is 19.1. The Morgan fingerprint density at radius 3 is 2.71 bits per heavy atom. The summed E-state index contributed by atoms with van der Waals surface area (Å²) < 4.78 is 19.1. The van der Waals surface area contributed by atoms with Gasteiger partial charge < -0.3 is 14.3 Å². The first-order valence-corrected chi connectivity index (χ1v) is 8.18. The zero-order chi connectivity index (χ0) is 17.1. The highest BCUT2D eigenvalue weighted by Gasteiger charge is 2.24. The number of halogens is 1. The summed E-state index contributed by atoms with van der Waals surface area (Å²) in [5.41, 5.74) is 0.117. The molecule has 0 spiro atoms. The molecule has 1 aromatic carbocycles. The van der Waals surface area contributed by atoms with E-state index in [2.05, 4.69) is 10.1 Å². The molecule has 1 saturated heterocycles. The quantitative estimate of drug-likeness (QED) is 0.865. The summed E-state index contributed by atoms with van der Waals surface area (Å²) in [7, 11) is 0. The fourth-order valence-electron chi connectivity index (χ4n) is 2.71. The molecule has 7 heteroatoms. The largest absolute Gasteiger partial charge is 0.337 e. The van der Waals surface area contributed by atoms with E-state index in [4.69, 9.17) is 4.52 Å². The van der Waals surface area contributed by atoms with Gasteiger partial charge in [0.25, 0.3) is 5.91 Å². The van der Waals surface area contributed by atoms with E-state index in [1.54, 1.807) is 17.0 Å². The number of aromatic nitrogens is 2. The summed E-state index contributed by atoms with van der Waals surface area (Å²) >= 11 is 0. The molecular formula is C17H21FN4O2. The van der Waals surface area contributed by atoms with Crippen LogP contribution in [0.5, 0.6) is 0 Å². The van der Waals surface area contributed by atoms with Crippen molar-refractivity contribution in [2.45, 2.75) is 26.2 Å². The van der Waals surface area contributed by atoms with E-state index in [1.807, 2.05) is 18.7 Å².